The first-order valence-corrected chi connectivity index (χ1v) is 9.55. The third-order valence-corrected chi connectivity index (χ3v) is 4.88. The number of benzene rings is 3. The van der Waals surface area contributed by atoms with Gasteiger partial charge in [-0.25, -0.2) is 0 Å². The van der Waals surface area contributed by atoms with Crippen LogP contribution in [0.25, 0.3) is 0 Å². The number of hydrogen-bond donors (Lipinski definition) is 1. The van der Waals surface area contributed by atoms with E-state index < -0.39 is 0 Å². The number of ether oxygens (including phenoxy) is 2. The molecule has 0 radical (unpaired) electrons. The Kier molecular flexibility index (Phi) is 5.57. The van der Waals surface area contributed by atoms with Gasteiger partial charge in [-0.15, -0.1) is 0 Å². The topological polar surface area (TPSA) is 47.6 Å². The van der Waals surface area contributed by atoms with Crippen molar-refractivity contribution in [1.29, 1.82) is 0 Å². The van der Waals surface area contributed by atoms with Gasteiger partial charge in [0.2, 0.25) is 5.91 Å². The summed E-state index contributed by atoms with van der Waals surface area (Å²) in [4.78, 5) is 12.5. The van der Waals surface area contributed by atoms with Gasteiger partial charge in [0, 0.05) is 12.5 Å². The second-order valence-electron chi connectivity index (χ2n) is 6.83. The van der Waals surface area contributed by atoms with Crippen LogP contribution in [0, 0.1) is 0 Å². The zero-order chi connectivity index (χ0) is 19.2. The van der Waals surface area contributed by atoms with Crippen LogP contribution in [0.5, 0.6) is 11.5 Å². The van der Waals surface area contributed by atoms with Crippen LogP contribution in [-0.4, -0.2) is 25.7 Å². The molecule has 1 amide bonds. The van der Waals surface area contributed by atoms with Crippen LogP contribution in [-0.2, 0) is 11.2 Å². The van der Waals surface area contributed by atoms with Gasteiger partial charge < -0.3 is 14.8 Å². The fraction of sp³-hybridized carbons (Fsp3) is 0.208. The summed E-state index contributed by atoms with van der Waals surface area (Å²) in [6.45, 7) is 1.65. The Bertz CT molecular complexity index is 925. The van der Waals surface area contributed by atoms with Crippen molar-refractivity contribution in [3.63, 3.8) is 0 Å². The molecule has 0 spiro atoms. The predicted octanol–water partition coefficient (Wildman–Crippen LogP) is 3.95. The van der Waals surface area contributed by atoms with E-state index in [-0.39, 0.29) is 11.8 Å². The van der Waals surface area contributed by atoms with Gasteiger partial charge in [-0.05, 0) is 28.8 Å². The predicted molar refractivity (Wildman–Crippen MR) is 109 cm³/mol. The Labute approximate surface area is 165 Å². The van der Waals surface area contributed by atoms with Crippen LogP contribution < -0.4 is 14.8 Å². The molecule has 1 N–H and O–H groups in total. The van der Waals surface area contributed by atoms with Gasteiger partial charge in [0.15, 0.2) is 11.5 Å². The average Bonchev–Trinajstić information content (AvgIpc) is 2.75. The van der Waals surface area contributed by atoms with E-state index in [0.29, 0.717) is 26.2 Å². The van der Waals surface area contributed by atoms with Crippen molar-refractivity contribution in [2.24, 2.45) is 0 Å². The molecule has 4 rings (SSSR count). The van der Waals surface area contributed by atoms with Crippen molar-refractivity contribution >= 4 is 5.91 Å². The highest BCUT2D eigenvalue weighted by Gasteiger charge is 2.19. The Hall–Kier alpha value is -3.27. The lowest BCUT2D eigenvalue weighted by Crippen LogP contribution is -2.30. The van der Waals surface area contributed by atoms with Crippen molar-refractivity contribution in [3.8, 4) is 11.5 Å². The molecule has 1 heterocycles. The van der Waals surface area contributed by atoms with Crippen molar-refractivity contribution in [3.05, 3.63) is 95.6 Å². The molecule has 0 aliphatic carbocycles. The first-order chi connectivity index (χ1) is 13.8. The summed E-state index contributed by atoms with van der Waals surface area (Å²) in [7, 11) is 0. The highest BCUT2D eigenvalue weighted by molar-refractivity contribution is 5.78. The number of nitrogens with one attached hydrogen (secondary N) is 1. The van der Waals surface area contributed by atoms with Crippen molar-refractivity contribution in [2.75, 3.05) is 19.8 Å². The Morgan fingerprint density at radius 3 is 2.25 bits per heavy atom. The minimum absolute atomic E-state index is 0.0182. The smallest absolute Gasteiger partial charge is 0.224 e. The highest BCUT2D eigenvalue weighted by Crippen LogP contribution is 2.35. The maximum atomic E-state index is 12.5. The molecule has 142 valence electrons. The number of carbonyl (C=O) groups is 1. The molecular weight excluding hydrogens is 350 g/mol. The fourth-order valence-electron chi connectivity index (χ4n) is 3.45. The van der Waals surface area contributed by atoms with Crippen LogP contribution in [0.15, 0.2) is 78.9 Å². The molecule has 4 heteroatoms. The number of fused-ring (bicyclic) bond motifs is 1. The summed E-state index contributed by atoms with van der Waals surface area (Å²) in [6.07, 6.45) is 0.378. The number of carbonyl (C=O) groups excluding carboxylic acids is 1. The minimum Gasteiger partial charge on any atom is -0.486 e. The lowest BCUT2D eigenvalue weighted by molar-refractivity contribution is -0.120. The second-order valence-corrected chi connectivity index (χ2v) is 6.83. The molecule has 0 saturated heterocycles. The largest absolute Gasteiger partial charge is 0.486 e. The third-order valence-electron chi connectivity index (χ3n) is 4.88. The monoisotopic (exact) mass is 373 g/mol. The second kappa shape index (κ2) is 8.61. The van der Waals surface area contributed by atoms with Crippen LogP contribution >= 0.6 is 0 Å². The fourth-order valence-corrected chi connectivity index (χ4v) is 3.45. The minimum atomic E-state index is 0.0182. The van der Waals surface area contributed by atoms with E-state index in [0.717, 1.165) is 28.2 Å². The SMILES string of the molecule is O=C(Cc1ccccc1)NCC(c1ccccc1)c1ccc2c(c1)OCCO2. The molecule has 0 saturated carbocycles. The molecule has 0 aromatic heterocycles. The lowest BCUT2D eigenvalue weighted by Gasteiger charge is -2.23. The number of amides is 1. The highest BCUT2D eigenvalue weighted by atomic mass is 16.6. The van der Waals surface area contributed by atoms with E-state index in [1.54, 1.807) is 0 Å². The molecule has 1 aliphatic heterocycles. The van der Waals surface area contributed by atoms with Crippen LogP contribution in [0.3, 0.4) is 0 Å². The van der Waals surface area contributed by atoms with Gasteiger partial charge in [-0.1, -0.05) is 66.7 Å². The maximum Gasteiger partial charge on any atom is 0.224 e. The van der Waals surface area contributed by atoms with Crippen molar-refractivity contribution < 1.29 is 14.3 Å². The third kappa shape index (κ3) is 4.34. The zero-order valence-electron chi connectivity index (χ0n) is 15.6. The molecular formula is C24H23NO3. The number of rotatable bonds is 6. The van der Waals surface area contributed by atoms with Gasteiger partial charge >= 0.3 is 0 Å². The van der Waals surface area contributed by atoms with Gasteiger partial charge in [-0.3, -0.25) is 4.79 Å². The molecule has 28 heavy (non-hydrogen) atoms. The molecule has 3 aromatic rings. The molecule has 4 nitrogen and oxygen atoms in total. The van der Waals surface area contributed by atoms with E-state index in [2.05, 4.69) is 23.5 Å². The summed E-state index contributed by atoms with van der Waals surface area (Å²) in [5.41, 5.74) is 3.25. The summed E-state index contributed by atoms with van der Waals surface area (Å²) in [5.74, 6) is 1.59. The Morgan fingerprint density at radius 2 is 1.50 bits per heavy atom. The van der Waals surface area contributed by atoms with E-state index in [1.807, 2.05) is 60.7 Å². The normalized spacial score (nSPS) is 13.6. The molecule has 1 aliphatic rings. The van der Waals surface area contributed by atoms with Crippen LogP contribution in [0.4, 0.5) is 0 Å². The first kappa shape index (κ1) is 18.1. The Balaban J connectivity index is 1.52. The van der Waals surface area contributed by atoms with Gasteiger partial charge in [0.25, 0.3) is 0 Å². The van der Waals surface area contributed by atoms with Gasteiger partial charge in [0.05, 0.1) is 6.42 Å². The van der Waals surface area contributed by atoms with Gasteiger partial charge in [0.1, 0.15) is 13.2 Å². The van der Waals surface area contributed by atoms with Crippen molar-refractivity contribution in [1.82, 2.24) is 5.32 Å². The summed E-state index contributed by atoms with van der Waals surface area (Å²) < 4.78 is 11.4. The van der Waals surface area contributed by atoms with E-state index in [4.69, 9.17) is 9.47 Å². The Morgan fingerprint density at radius 1 is 0.821 bits per heavy atom. The molecule has 3 aromatic carbocycles. The standard InChI is InChI=1S/C24H23NO3/c26-24(15-18-7-3-1-4-8-18)25-17-21(19-9-5-2-6-10-19)20-11-12-22-23(16-20)28-14-13-27-22/h1-12,16,21H,13-15,17H2,(H,25,26). The van der Waals surface area contributed by atoms with E-state index in [9.17, 15) is 4.79 Å². The van der Waals surface area contributed by atoms with Crippen LogP contribution in [0.2, 0.25) is 0 Å². The van der Waals surface area contributed by atoms with E-state index >= 15 is 0 Å². The van der Waals surface area contributed by atoms with Crippen LogP contribution in [0.1, 0.15) is 22.6 Å². The molecule has 0 fully saturated rings. The molecule has 1 atom stereocenters. The zero-order valence-corrected chi connectivity index (χ0v) is 15.6. The molecule has 1 unspecified atom stereocenters. The van der Waals surface area contributed by atoms with E-state index in [1.165, 1.54) is 0 Å². The molecule has 0 bridgehead atoms. The average molecular weight is 373 g/mol. The summed E-state index contributed by atoms with van der Waals surface area (Å²) in [6, 6.07) is 26.0. The number of hydrogen-bond acceptors (Lipinski definition) is 3. The van der Waals surface area contributed by atoms with Crippen molar-refractivity contribution in [2.45, 2.75) is 12.3 Å². The quantitative estimate of drug-likeness (QED) is 0.712. The maximum absolute atomic E-state index is 12.5. The summed E-state index contributed by atoms with van der Waals surface area (Å²) >= 11 is 0. The summed E-state index contributed by atoms with van der Waals surface area (Å²) in [5, 5.41) is 3.10. The first-order valence-electron chi connectivity index (χ1n) is 9.55. The van der Waals surface area contributed by atoms with Gasteiger partial charge in [-0.2, -0.15) is 0 Å². The lowest BCUT2D eigenvalue weighted by atomic mass is 9.90.